The zero-order valence-corrected chi connectivity index (χ0v) is 15.9. The molecule has 2 rings (SSSR count). The first-order valence-corrected chi connectivity index (χ1v) is 8.72. The van der Waals surface area contributed by atoms with Crippen molar-refractivity contribution in [3.05, 3.63) is 51.9 Å². The van der Waals surface area contributed by atoms with Crippen LogP contribution in [0.3, 0.4) is 0 Å². The molecule has 1 aromatic carbocycles. The van der Waals surface area contributed by atoms with E-state index in [2.05, 4.69) is 15.9 Å². The van der Waals surface area contributed by atoms with Gasteiger partial charge < -0.3 is 13.9 Å². The van der Waals surface area contributed by atoms with Crippen LogP contribution in [0.4, 0.5) is 0 Å². The molecule has 0 aliphatic heterocycles. The number of esters is 2. The standard InChI is InChI=1S/C19H19BrO5/c1-4-7-14-15(12-8-10-13(20)11-9-12)16(18(21)23-5-2)17(25-14)19(22)24-6-3/h4,7-11H,5-6H2,1-3H3/b7-4+. The highest BCUT2D eigenvalue weighted by Gasteiger charge is 2.31. The number of hydrogen-bond acceptors (Lipinski definition) is 5. The van der Waals surface area contributed by atoms with Crippen molar-refractivity contribution in [3.8, 4) is 11.1 Å². The lowest BCUT2D eigenvalue weighted by molar-refractivity contribution is 0.0452. The molecule has 1 heterocycles. The molecule has 0 saturated carbocycles. The number of hydrogen-bond donors (Lipinski definition) is 0. The zero-order valence-electron chi connectivity index (χ0n) is 14.3. The van der Waals surface area contributed by atoms with Gasteiger partial charge in [-0.25, -0.2) is 9.59 Å². The molecular weight excluding hydrogens is 388 g/mol. The number of furan rings is 1. The molecule has 0 aliphatic rings. The van der Waals surface area contributed by atoms with Gasteiger partial charge in [-0.3, -0.25) is 0 Å². The van der Waals surface area contributed by atoms with Crippen LogP contribution in [0.5, 0.6) is 0 Å². The van der Waals surface area contributed by atoms with Gasteiger partial charge >= 0.3 is 11.9 Å². The third-order valence-electron chi connectivity index (χ3n) is 3.33. The summed E-state index contributed by atoms with van der Waals surface area (Å²) in [5.74, 6) is -1.06. The summed E-state index contributed by atoms with van der Waals surface area (Å²) in [5, 5.41) is 0. The molecule has 25 heavy (non-hydrogen) atoms. The Morgan fingerprint density at radius 3 is 2.24 bits per heavy atom. The van der Waals surface area contributed by atoms with Crippen LogP contribution in [0.25, 0.3) is 17.2 Å². The third-order valence-corrected chi connectivity index (χ3v) is 3.86. The molecule has 5 nitrogen and oxygen atoms in total. The predicted octanol–water partition coefficient (Wildman–Crippen LogP) is 5.10. The first-order valence-electron chi connectivity index (χ1n) is 7.93. The first kappa shape index (κ1) is 19.0. The molecule has 2 aromatic rings. The van der Waals surface area contributed by atoms with Crippen molar-refractivity contribution in [1.82, 2.24) is 0 Å². The predicted molar refractivity (Wildman–Crippen MR) is 98.5 cm³/mol. The Morgan fingerprint density at radius 1 is 1.08 bits per heavy atom. The average molecular weight is 407 g/mol. The minimum atomic E-state index is -0.695. The van der Waals surface area contributed by atoms with Crippen molar-refractivity contribution >= 4 is 33.9 Å². The van der Waals surface area contributed by atoms with E-state index in [-0.39, 0.29) is 24.5 Å². The summed E-state index contributed by atoms with van der Waals surface area (Å²) in [4.78, 5) is 24.8. The van der Waals surface area contributed by atoms with E-state index in [0.717, 1.165) is 10.0 Å². The normalized spacial score (nSPS) is 10.9. The fourth-order valence-corrected chi connectivity index (χ4v) is 2.62. The number of rotatable bonds is 6. The molecule has 6 heteroatoms. The van der Waals surface area contributed by atoms with Crippen LogP contribution in [0.15, 0.2) is 39.2 Å². The lowest BCUT2D eigenvalue weighted by Crippen LogP contribution is -2.12. The largest absolute Gasteiger partial charge is 0.462 e. The van der Waals surface area contributed by atoms with E-state index in [4.69, 9.17) is 13.9 Å². The van der Waals surface area contributed by atoms with Crippen LogP contribution in [-0.2, 0) is 9.47 Å². The lowest BCUT2D eigenvalue weighted by atomic mass is 9.99. The van der Waals surface area contributed by atoms with Crippen LogP contribution < -0.4 is 0 Å². The molecule has 0 N–H and O–H groups in total. The Kier molecular flexibility index (Phi) is 6.58. The van der Waals surface area contributed by atoms with Gasteiger partial charge in [0, 0.05) is 10.0 Å². The summed E-state index contributed by atoms with van der Waals surface area (Å²) in [6, 6.07) is 7.36. The minimum absolute atomic E-state index is 0.0794. The van der Waals surface area contributed by atoms with E-state index >= 15 is 0 Å². The Hall–Kier alpha value is -2.34. The van der Waals surface area contributed by atoms with Crippen molar-refractivity contribution in [3.63, 3.8) is 0 Å². The van der Waals surface area contributed by atoms with E-state index in [1.807, 2.05) is 31.2 Å². The maximum Gasteiger partial charge on any atom is 0.375 e. The Labute approximate surface area is 154 Å². The number of allylic oxidation sites excluding steroid dienone is 1. The number of benzene rings is 1. The highest BCUT2D eigenvalue weighted by atomic mass is 79.9. The summed E-state index contributed by atoms with van der Waals surface area (Å²) in [7, 11) is 0. The van der Waals surface area contributed by atoms with Gasteiger partial charge in [0.1, 0.15) is 11.3 Å². The van der Waals surface area contributed by atoms with Gasteiger partial charge in [0.2, 0.25) is 5.76 Å². The monoisotopic (exact) mass is 406 g/mol. The fourth-order valence-electron chi connectivity index (χ4n) is 2.36. The topological polar surface area (TPSA) is 65.7 Å². The molecule has 0 amide bonds. The first-order chi connectivity index (χ1) is 12.0. The van der Waals surface area contributed by atoms with E-state index in [9.17, 15) is 9.59 Å². The molecule has 0 unspecified atom stereocenters. The summed E-state index contributed by atoms with van der Waals surface area (Å²) < 4.78 is 16.7. The van der Waals surface area contributed by atoms with Gasteiger partial charge in [-0.1, -0.05) is 34.1 Å². The quantitative estimate of drug-likeness (QED) is 0.624. The van der Waals surface area contributed by atoms with E-state index in [0.29, 0.717) is 11.3 Å². The van der Waals surface area contributed by atoms with E-state index in [1.165, 1.54) is 0 Å². The van der Waals surface area contributed by atoms with Crippen molar-refractivity contribution in [2.45, 2.75) is 20.8 Å². The Balaban J connectivity index is 2.74. The maximum absolute atomic E-state index is 12.5. The van der Waals surface area contributed by atoms with Crippen LogP contribution >= 0.6 is 15.9 Å². The smallest absolute Gasteiger partial charge is 0.375 e. The molecule has 0 radical (unpaired) electrons. The van der Waals surface area contributed by atoms with Gasteiger partial charge in [0.15, 0.2) is 0 Å². The van der Waals surface area contributed by atoms with Gasteiger partial charge in [-0.05, 0) is 44.5 Å². The van der Waals surface area contributed by atoms with E-state index in [1.54, 1.807) is 26.0 Å². The Bertz CT molecular complexity index is 787. The molecule has 0 aliphatic carbocycles. The molecule has 0 saturated heterocycles. The maximum atomic E-state index is 12.5. The molecule has 0 atom stereocenters. The molecule has 132 valence electrons. The second-order valence-corrected chi connectivity index (χ2v) is 5.91. The molecule has 0 spiro atoms. The number of carbonyl (C=O) groups is 2. The van der Waals surface area contributed by atoms with Gasteiger partial charge in [0.05, 0.1) is 13.2 Å². The van der Waals surface area contributed by atoms with Crippen molar-refractivity contribution in [2.75, 3.05) is 13.2 Å². The van der Waals surface area contributed by atoms with Crippen LogP contribution in [0.1, 0.15) is 47.4 Å². The molecule has 0 fully saturated rings. The Morgan fingerprint density at radius 2 is 1.68 bits per heavy atom. The minimum Gasteiger partial charge on any atom is -0.462 e. The number of ether oxygens (including phenoxy) is 2. The zero-order chi connectivity index (χ0) is 18.4. The average Bonchev–Trinajstić information content (AvgIpc) is 2.96. The lowest BCUT2D eigenvalue weighted by Gasteiger charge is -2.06. The molecule has 0 bridgehead atoms. The van der Waals surface area contributed by atoms with Crippen LogP contribution in [-0.4, -0.2) is 25.2 Å². The summed E-state index contributed by atoms with van der Waals surface area (Å²) >= 11 is 3.39. The summed E-state index contributed by atoms with van der Waals surface area (Å²) in [6.45, 7) is 5.57. The van der Waals surface area contributed by atoms with E-state index < -0.39 is 11.9 Å². The highest BCUT2D eigenvalue weighted by molar-refractivity contribution is 9.10. The highest BCUT2D eigenvalue weighted by Crippen LogP contribution is 2.35. The van der Waals surface area contributed by atoms with Crippen molar-refractivity contribution in [1.29, 1.82) is 0 Å². The number of halogens is 1. The van der Waals surface area contributed by atoms with Crippen LogP contribution in [0.2, 0.25) is 0 Å². The fraction of sp³-hybridized carbons (Fsp3) is 0.263. The third kappa shape index (κ3) is 4.20. The van der Waals surface area contributed by atoms with Gasteiger partial charge in [-0.2, -0.15) is 0 Å². The van der Waals surface area contributed by atoms with Crippen molar-refractivity contribution in [2.24, 2.45) is 0 Å². The second-order valence-electron chi connectivity index (χ2n) is 4.99. The summed E-state index contributed by atoms with van der Waals surface area (Å²) in [6.07, 6.45) is 3.47. The van der Waals surface area contributed by atoms with Gasteiger partial charge in [0.25, 0.3) is 0 Å². The second kappa shape index (κ2) is 8.67. The number of carbonyl (C=O) groups excluding carboxylic acids is 2. The summed E-state index contributed by atoms with van der Waals surface area (Å²) in [5.41, 5.74) is 1.32. The van der Waals surface area contributed by atoms with Gasteiger partial charge in [-0.15, -0.1) is 0 Å². The van der Waals surface area contributed by atoms with Crippen molar-refractivity contribution < 1.29 is 23.5 Å². The van der Waals surface area contributed by atoms with Crippen LogP contribution in [0, 0.1) is 0 Å². The SMILES string of the molecule is C/C=C/c1oc(C(=O)OCC)c(C(=O)OCC)c1-c1ccc(Br)cc1. The molecule has 1 aromatic heterocycles. The molecular formula is C19H19BrO5.